The second-order valence-corrected chi connectivity index (χ2v) is 4.28. The molecule has 0 radical (unpaired) electrons. The molecule has 0 atom stereocenters. The molecule has 1 heterocycles. The Morgan fingerprint density at radius 3 is 3.07 bits per heavy atom. The number of nitrogens with zero attached hydrogens (tertiary/aromatic N) is 3. The molecule has 0 bridgehead atoms. The molecule has 0 N–H and O–H groups in total. The van der Waals surface area contributed by atoms with E-state index in [4.69, 9.17) is 11.6 Å². The van der Waals surface area contributed by atoms with Gasteiger partial charge < -0.3 is 0 Å². The van der Waals surface area contributed by atoms with Gasteiger partial charge in [0.05, 0.1) is 5.52 Å². The first-order valence-corrected chi connectivity index (χ1v) is 5.19. The topological polar surface area (TPSA) is 30.7 Å². The third-order valence-corrected chi connectivity index (χ3v) is 2.84. The molecule has 3 nitrogen and oxygen atoms in total. The van der Waals surface area contributed by atoms with Gasteiger partial charge in [0, 0.05) is 11.6 Å². The minimum atomic E-state index is 0.747. The zero-order valence-corrected chi connectivity index (χ0v) is 8.41. The lowest BCUT2D eigenvalue weighted by Crippen LogP contribution is -2.01. The predicted octanol–water partition coefficient (Wildman–Crippen LogP) is 2.49. The highest BCUT2D eigenvalue weighted by Gasteiger charge is 2.23. The summed E-state index contributed by atoms with van der Waals surface area (Å²) in [6.45, 7) is 0.983. The third-order valence-electron chi connectivity index (χ3n) is 2.60. The molecule has 1 aromatic carbocycles. The fourth-order valence-electron chi connectivity index (χ4n) is 1.62. The molecule has 1 aliphatic carbocycles. The number of rotatable bonds is 2. The van der Waals surface area contributed by atoms with Crippen LogP contribution in [-0.2, 0) is 6.54 Å². The van der Waals surface area contributed by atoms with Gasteiger partial charge in [-0.1, -0.05) is 16.8 Å². The van der Waals surface area contributed by atoms with E-state index < -0.39 is 0 Å². The van der Waals surface area contributed by atoms with Crippen molar-refractivity contribution in [2.75, 3.05) is 0 Å². The Bertz CT molecular complexity index is 473. The van der Waals surface area contributed by atoms with Crippen molar-refractivity contribution in [1.29, 1.82) is 0 Å². The first-order valence-electron chi connectivity index (χ1n) is 4.82. The molecule has 0 spiro atoms. The summed E-state index contributed by atoms with van der Waals surface area (Å²) < 4.78 is 1.96. The largest absolute Gasteiger partial charge is 0.244 e. The molecule has 3 rings (SSSR count). The van der Waals surface area contributed by atoms with Gasteiger partial charge in [-0.2, -0.15) is 0 Å². The van der Waals surface area contributed by atoms with E-state index in [2.05, 4.69) is 10.3 Å². The van der Waals surface area contributed by atoms with Crippen LogP contribution < -0.4 is 0 Å². The molecule has 0 saturated heterocycles. The van der Waals surface area contributed by atoms with Crippen molar-refractivity contribution in [3.05, 3.63) is 23.2 Å². The van der Waals surface area contributed by atoms with Gasteiger partial charge in [0.2, 0.25) is 0 Å². The summed E-state index contributed by atoms with van der Waals surface area (Å²) in [7, 11) is 0. The fraction of sp³-hybridized carbons (Fsp3) is 0.400. The normalized spacial score (nSPS) is 16.4. The summed E-state index contributed by atoms with van der Waals surface area (Å²) in [5, 5.41) is 8.97. The van der Waals surface area contributed by atoms with E-state index in [1.807, 2.05) is 22.9 Å². The molecule has 1 saturated carbocycles. The first kappa shape index (κ1) is 8.24. The summed E-state index contributed by atoms with van der Waals surface area (Å²) in [4.78, 5) is 0. The fourth-order valence-corrected chi connectivity index (χ4v) is 1.78. The van der Waals surface area contributed by atoms with E-state index in [-0.39, 0.29) is 0 Å². The molecule has 0 aliphatic heterocycles. The SMILES string of the molecule is Clc1ccc2nnn(CC3CC3)c2c1. The molecule has 0 amide bonds. The van der Waals surface area contributed by atoms with Gasteiger partial charge in [-0.15, -0.1) is 5.10 Å². The van der Waals surface area contributed by atoms with E-state index in [1.165, 1.54) is 12.8 Å². The van der Waals surface area contributed by atoms with Crippen molar-refractivity contribution in [3.63, 3.8) is 0 Å². The van der Waals surface area contributed by atoms with Gasteiger partial charge in [0.15, 0.2) is 0 Å². The maximum absolute atomic E-state index is 5.93. The van der Waals surface area contributed by atoms with Crippen LogP contribution in [0.4, 0.5) is 0 Å². The lowest BCUT2D eigenvalue weighted by molar-refractivity contribution is 0.559. The molecule has 14 heavy (non-hydrogen) atoms. The van der Waals surface area contributed by atoms with Gasteiger partial charge >= 0.3 is 0 Å². The lowest BCUT2D eigenvalue weighted by atomic mass is 10.3. The Morgan fingerprint density at radius 1 is 1.43 bits per heavy atom. The zero-order chi connectivity index (χ0) is 9.54. The minimum absolute atomic E-state index is 0.747. The number of aromatic nitrogens is 3. The van der Waals surface area contributed by atoms with Crippen molar-refractivity contribution in [1.82, 2.24) is 15.0 Å². The minimum Gasteiger partial charge on any atom is -0.244 e. The maximum Gasteiger partial charge on any atom is 0.113 e. The van der Waals surface area contributed by atoms with Crippen molar-refractivity contribution in [2.45, 2.75) is 19.4 Å². The molecule has 2 aromatic rings. The Hall–Kier alpha value is -1.09. The zero-order valence-electron chi connectivity index (χ0n) is 7.65. The summed E-state index contributed by atoms with van der Waals surface area (Å²) in [6, 6.07) is 5.69. The van der Waals surface area contributed by atoms with Gasteiger partial charge in [-0.05, 0) is 37.0 Å². The molecule has 1 aliphatic rings. The van der Waals surface area contributed by atoms with E-state index in [0.29, 0.717) is 0 Å². The third kappa shape index (κ3) is 1.38. The van der Waals surface area contributed by atoms with Crippen molar-refractivity contribution >= 4 is 22.6 Å². The summed E-state index contributed by atoms with van der Waals surface area (Å²) in [5.41, 5.74) is 1.97. The van der Waals surface area contributed by atoms with E-state index in [9.17, 15) is 0 Å². The Morgan fingerprint density at radius 2 is 2.29 bits per heavy atom. The predicted molar refractivity (Wildman–Crippen MR) is 55.3 cm³/mol. The molecule has 72 valence electrons. The van der Waals surface area contributed by atoms with Crippen LogP contribution in [0.5, 0.6) is 0 Å². The average molecular weight is 208 g/mol. The standard InChI is InChI=1S/C10H10ClN3/c11-8-3-4-9-10(5-8)14(13-12-9)6-7-1-2-7/h3-5,7H,1-2,6H2. The number of hydrogen-bond donors (Lipinski definition) is 0. The van der Waals surface area contributed by atoms with Crippen LogP contribution in [0.3, 0.4) is 0 Å². The van der Waals surface area contributed by atoms with Gasteiger partial charge in [-0.25, -0.2) is 4.68 Å². The van der Waals surface area contributed by atoms with Crippen molar-refractivity contribution < 1.29 is 0 Å². The second-order valence-electron chi connectivity index (χ2n) is 3.85. The monoisotopic (exact) mass is 207 g/mol. The van der Waals surface area contributed by atoms with Crippen LogP contribution in [0.2, 0.25) is 5.02 Å². The number of fused-ring (bicyclic) bond motifs is 1. The van der Waals surface area contributed by atoms with E-state index >= 15 is 0 Å². The van der Waals surface area contributed by atoms with E-state index in [1.54, 1.807) is 0 Å². The summed E-state index contributed by atoms with van der Waals surface area (Å²) in [5.74, 6) is 0.805. The van der Waals surface area contributed by atoms with Crippen LogP contribution >= 0.6 is 11.6 Å². The highest BCUT2D eigenvalue weighted by Crippen LogP contribution is 2.31. The first-order chi connectivity index (χ1) is 6.83. The van der Waals surface area contributed by atoms with Crippen molar-refractivity contribution in [3.8, 4) is 0 Å². The van der Waals surface area contributed by atoms with Crippen LogP contribution in [0.25, 0.3) is 11.0 Å². The second kappa shape index (κ2) is 2.95. The lowest BCUT2D eigenvalue weighted by Gasteiger charge is -1.99. The number of benzene rings is 1. The smallest absolute Gasteiger partial charge is 0.113 e. The van der Waals surface area contributed by atoms with Crippen LogP contribution in [0, 0.1) is 5.92 Å². The van der Waals surface area contributed by atoms with Gasteiger partial charge in [0.1, 0.15) is 5.52 Å². The Kier molecular flexibility index (Phi) is 1.74. The Balaban J connectivity index is 2.08. The molecule has 1 fully saturated rings. The van der Waals surface area contributed by atoms with Crippen LogP contribution in [0.15, 0.2) is 18.2 Å². The molecule has 1 aromatic heterocycles. The van der Waals surface area contributed by atoms with Gasteiger partial charge in [0.25, 0.3) is 0 Å². The molecule has 0 unspecified atom stereocenters. The quantitative estimate of drug-likeness (QED) is 0.758. The molecular formula is C10H10ClN3. The summed E-state index contributed by atoms with van der Waals surface area (Å²) >= 11 is 5.93. The van der Waals surface area contributed by atoms with Crippen LogP contribution in [0.1, 0.15) is 12.8 Å². The number of halogens is 1. The van der Waals surface area contributed by atoms with Crippen LogP contribution in [-0.4, -0.2) is 15.0 Å². The molecule has 4 heteroatoms. The molecular weight excluding hydrogens is 198 g/mol. The Labute approximate surface area is 86.7 Å². The van der Waals surface area contributed by atoms with Gasteiger partial charge in [-0.3, -0.25) is 0 Å². The highest BCUT2D eigenvalue weighted by atomic mass is 35.5. The highest BCUT2D eigenvalue weighted by molar-refractivity contribution is 6.31. The summed E-state index contributed by atoms with van der Waals surface area (Å²) in [6.07, 6.45) is 2.64. The van der Waals surface area contributed by atoms with E-state index in [0.717, 1.165) is 28.5 Å². The number of hydrogen-bond acceptors (Lipinski definition) is 2. The van der Waals surface area contributed by atoms with Crippen molar-refractivity contribution in [2.24, 2.45) is 5.92 Å². The maximum atomic E-state index is 5.93. The average Bonchev–Trinajstić information content (AvgIpc) is 2.90.